The zero-order valence-electron chi connectivity index (χ0n) is 15.7. The van der Waals surface area contributed by atoms with Crippen molar-refractivity contribution in [2.75, 3.05) is 0 Å². The van der Waals surface area contributed by atoms with E-state index in [1.807, 2.05) is 25.1 Å². The van der Waals surface area contributed by atoms with E-state index in [1.54, 1.807) is 11.6 Å². The number of rotatable bonds is 5. The molecule has 0 radical (unpaired) electrons. The van der Waals surface area contributed by atoms with Crippen molar-refractivity contribution in [1.29, 1.82) is 0 Å². The molecule has 4 rings (SSSR count). The van der Waals surface area contributed by atoms with Crippen LogP contribution in [0.2, 0.25) is 0 Å². The molecule has 0 saturated carbocycles. The maximum Gasteiger partial charge on any atom is 0.137 e. The van der Waals surface area contributed by atoms with E-state index >= 15 is 0 Å². The lowest BCUT2D eigenvalue weighted by atomic mass is 9.86. The average Bonchev–Trinajstić information content (AvgIpc) is 3.29. The van der Waals surface area contributed by atoms with Crippen molar-refractivity contribution in [3.8, 4) is 0 Å². The largest absolute Gasteiger partial charge is 0.381 e. The molecule has 6 nitrogen and oxygen atoms in total. The first-order valence-corrected chi connectivity index (χ1v) is 9.73. The fraction of sp³-hybridized carbons (Fsp3) is 0.250. The molecule has 2 aromatic heterocycles. The number of benzene rings is 2. The van der Waals surface area contributed by atoms with Gasteiger partial charge in [0.15, 0.2) is 0 Å². The van der Waals surface area contributed by atoms with Gasteiger partial charge in [-0.15, -0.1) is 0 Å². The number of halogens is 3. The smallest absolute Gasteiger partial charge is 0.137 e. The lowest BCUT2D eigenvalue weighted by Gasteiger charge is -2.35. The number of aromatic nitrogens is 5. The second-order valence-electron chi connectivity index (χ2n) is 7.01. The van der Waals surface area contributed by atoms with Crippen LogP contribution in [0.1, 0.15) is 24.2 Å². The number of aryl methyl sites for hydroxylation is 1. The second kappa shape index (κ2) is 7.31. The average molecular weight is 462 g/mol. The first-order chi connectivity index (χ1) is 13.8. The molecule has 9 heteroatoms. The van der Waals surface area contributed by atoms with Crippen LogP contribution in [-0.2, 0) is 12.1 Å². The van der Waals surface area contributed by atoms with Crippen LogP contribution in [0.15, 0.2) is 53.5 Å². The summed E-state index contributed by atoms with van der Waals surface area (Å²) in [4.78, 5) is 3.89. The van der Waals surface area contributed by atoms with E-state index in [9.17, 15) is 13.9 Å². The number of aliphatic hydroxyl groups is 1. The molecule has 2 heterocycles. The minimum Gasteiger partial charge on any atom is -0.381 e. The molecule has 2 aromatic carbocycles. The Kier molecular flexibility index (Phi) is 4.95. The van der Waals surface area contributed by atoms with Gasteiger partial charge in [0, 0.05) is 27.2 Å². The van der Waals surface area contributed by atoms with Crippen LogP contribution in [0.3, 0.4) is 0 Å². The van der Waals surface area contributed by atoms with Crippen LogP contribution in [-0.4, -0.2) is 29.7 Å². The number of hydrogen-bond acceptors (Lipinski definition) is 4. The van der Waals surface area contributed by atoms with E-state index in [2.05, 4.69) is 31.1 Å². The maximum atomic E-state index is 14.7. The van der Waals surface area contributed by atoms with Crippen molar-refractivity contribution < 1.29 is 13.9 Å². The Morgan fingerprint density at radius 1 is 1.21 bits per heavy atom. The Morgan fingerprint density at radius 3 is 2.69 bits per heavy atom. The molecule has 0 bridgehead atoms. The van der Waals surface area contributed by atoms with Gasteiger partial charge < -0.3 is 5.11 Å². The van der Waals surface area contributed by atoms with E-state index in [1.165, 1.54) is 23.4 Å². The molecule has 0 saturated heterocycles. The van der Waals surface area contributed by atoms with Crippen molar-refractivity contribution >= 4 is 26.8 Å². The zero-order chi connectivity index (χ0) is 20.8. The monoisotopic (exact) mass is 461 g/mol. The molecule has 0 aliphatic rings. The minimum atomic E-state index is -1.77. The third kappa shape index (κ3) is 3.44. The SMILES string of the molecule is Cc1c2cc(Br)ccc2nn1[C@H](C)[C@](O)(Cn1cncn1)c1ccc(F)cc1F. The Bertz CT molecular complexity index is 1180. The predicted molar refractivity (Wildman–Crippen MR) is 107 cm³/mol. The van der Waals surface area contributed by atoms with Gasteiger partial charge in [0.25, 0.3) is 0 Å². The summed E-state index contributed by atoms with van der Waals surface area (Å²) in [6.07, 6.45) is 2.76. The van der Waals surface area contributed by atoms with Crippen LogP contribution in [0.5, 0.6) is 0 Å². The standard InChI is InChI=1S/C20H18BrF2N5O/c1-12-16-7-14(21)3-6-19(16)26-28(12)13(2)20(29,9-27-11-24-10-25-27)17-5-4-15(22)8-18(17)23/h3-8,10-11,13,29H,9H2,1-2H3/t13-,20-/m1/s1. The number of hydrogen-bond donors (Lipinski definition) is 1. The summed E-state index contributed by atoms with van der Waals surface area (Å²) in [5, 5.41) is 21.3. The van der Waals surface area contributed by atoms with E-state index in [0.29, 0.717) is 0 Å². The third-order valence-corrected chi connectivity index (χ3v) is 5.73. The first kappa shape index (κ1) is 19.7. The van der Waals surface area contributed by atoms with Gasteiger partial charge in [-0.1, -0.05) is 22.0 Å². The molecule has 2 atom stereocenters. The maximum absolute atomic E-state index is 14.7. The summed E-state index contributed by atoms with van der Waals surface area (Å²) in [6.45, 7) is 3.54. The van der Waals surface area contributed by atoms with Gasteiger partial charge in [0.1, 0.15) is 29.9 Å². The highest BCUT2D eigenvalue weighted by Crippen LogP contribution is 2.38. The molecule has 150 valence electrons. The van der Waals surface area contributed by atoms with E-state index in [4.69, 9.17) is 0 Å². The minimum absolute atomic E-state index is 0.0398. The number of nitrogens with zero attached hydrogens (tertiary/aromatic N) is 5. The topological polar surface area (TPSA) is 68.8 Å². The Morgan fingerprint density at radius 2 is 2.00 bits per heavy atom. The van der Waals surface area contributed by atoms with Gasteiger partial charge in [-0.05, 0) is 38.1 Å². The molecule has 0 amide bonds. The highest BCUT2D eigenvalue weighted by molar-refractivity contribution is 9.10. The Labute approximate surface area is 173 Å². The van der Waals surface area contributed by atoms with Crippen LogP contribution in [0.25, 0.3) is 10.9 Å². The highest BCUT2D eigenvalue weighted by Gasteiger charge is 2.41. The summed E-state index contributed by atoms with van der Waals surface area (Å²) in [6, 6.07) is 8.13. The van der Waals surface area contributed by atoms with Crippen LogP contribution in [0.4, 0.5) is 8.78 Å². The lowest BCUT2D eigenvalue weighted by molar-refractivity contribution is -0.0372. The highest BCUT2D eigenvalue weighted by atomic mass is 79.9. The Hall–Kier alpha value is -2.65. The molecular weight excluding hydrogens is 444 g/mol. The normalized spacial score (nSPS) is 14.8. The van der Waals surface area contributed by atoms with Crippen LogP contribution in [0, 0.1) is 18.6 Å². The van der Waals surface area contributed by atoms with Gasteiger partial charge >= 0.3 is 0 Å². The van der Waals surface area contributed by atoms with Crippen molar-refractivity contribution in [3.63, 3.8) is 0 Å². The molecule has 0 aliphatic heterocycles. The van der Waals surface area contributed by atoms with Crippen LogP contribution < -0.4 is 0 Å². The summed E-state index contributed by atoms with van der Waals surface area (Å²) in [5.74, 6) is -1.55. The zero-order valence-corrected chi connectivity index (χ0v) is 17.3. The van der Waals surface area contributed by atoms with Gasteiger partial charge in [-0.25, -0.2) is 18.4 Å². The van der Waals surface area contributed by atoms with Crippen LogP contribution >= 0.6 is 15.9 Å². The second-order valence-corrected chi connectivity index (χ2v) is 7.92. The molecule has 0 fully saturated rings. The molecule has 0 spiro atoms. The molecule has 0 unspecified atom stereocenters. The fourth-order valence-corrected chi connectivity index (χ4v) is 3.98. The lowest BCUT2D eigenvalue weighted by Crippen LogP contribution is -2.41. The third-order valence-electron chi connectivity index (χ3n) is 5.23. The molecule has 1 N–H and O–H groups in total. The van der Waals surface area contributed by atoms with E-state index in [0.717, 1.165) is 33.2 Å². The summed E-state index contributed by atoms with van der Waals surface area (Å²) in [5.41, 5.74) is -0.245. The molecule has 0 aliphatic carbocycles. The molecule has 29 heavy (non-hydrogen) atoms. The predicted octanol–water partition coefficient (Wildman–Crippen LogP) is 4.13. The molecular formula is C20H18BrF2N5O. The molecule has 4 aromatic rings. The fourth-order valence-electron chi connectivity index (χ4n) is 3.62. The summed E-state index contributed by atoms with van der Waals surface area (Å²) < 4.78 is 32.2. The van der Waals surface area contributed by atoms with Crippen molar-refractivity contribution in [3.05, 3.63) is 76.4 Å². The van der Waals surface area contributed by atoms with E-state index in [-0.39, 0.29) is 12.1 Å². The van der Waals surface area contributed by atoms with Crippen molar-refractivity contribution in [2.45, 2.75) is 32.0 Å². The van der Waals surface area contributed by atoms with Crippen molar-refractivity contribution in [2.24, 2.45) is 0 Å². The summed E-state index contributed by atoms with van der Waals surface area (Å²) in [7, 11) is 0. The van der Waals surface area contributed by atoms with Gasteiger partial charge in [0.2, 0.25) is 0 Å². The van der Waals surface area contributed by atoms with Crippen molar-refractivity contribution in [1.82, 2.24) is 24.5 Å². The quantitative estimate of drug-likeness (QED) is 0.485. The van der Waals surface area contributed by atoms with Gasteiger partial charge in [-0.2, -0.15) is 10.2 Å². The Balaban J connectivity index is 1.87. The number of fused-ring (bicyclic) bond motifs is 1. The first-order valence-electron chi connectivity index (χ1n) is 8.94. The van der Waals surface area contributed by atoms with Gasteiger partial charge in [-0.3, -0.25) is 4.68 Å². The summed E-state index contributed by atoms with van der Waals surface area (Å²) >= 11 is 3.46. The van der Waals surface area contributed by atoms with E-state index < -0.39 is 23.3 Å². The van der Waals surface area contributed by atoms with Gasteiger partial charge in [0.05, 0.1) is 18.1 Å².